The van der Waals surface area contributed by atoms with E-state index in [-0.39, 0.29) is 17.6 Å². The Bertz CT molecular complexity index is 1170. The minimum atomic E-state index is -0.425. The minimum Gasteiger partial charge on any atom is -0.373 e. The molecule has 30 heavy (non-hydrogen) atoms. The van der Waals surface area contributed by atoms with Crippen molar-refractivity contribution in [3.05, 3.63) is 88.2 Å². The lowest BCUT2D eigenvalue weighted by molar-refractivity contribution is -0.383. The number of nitro benzene ring substituents is 1. The lowest BCUT2D eigenvalue weighted by atomic mass is 10.1. The van der Waals surface area contributed by atoms with Gasteiger partial charge in [0.1, 0.15) is 5.69 Å². The van der Waals surface area contributed by atoms with Crippen LogP contribution in [-0.4, -0.2) is 20.0 Å². The maximum Gasteiger partial charge on any atom is 0.293 e. The first-order chi connectivity index (χ1) is 14.5. The number of hydrogen-bond donors (Lipinski definition) is 1. The van der Waals surface area contributed by atoms with Crippen LogP contribution in [0.2, 0.25) is 0 Å². The second-order valence-corrected chi connectivity index (χ2v) is 6.93. The van der Waals surface area contributed by atoms with Crippen molar-refractivity contribution in [3.63, 3.8) is 0 Å². The highest BCUT2D eigenvalue weighted by Gasteiger charge is 2.20. The highest BCUT2D eigenvalue weighted by Crippen LogP contribution is 2.33. The van der Waals surface area contributed by atoms with Gasteiger partial charge in [0.25, 0.3) is 11.6 Å². The average molecular weight is 401 g/mol. The lowest BCUT2D eigenvalue weighted by Crippen LogP contribution is -2.08. The molecule has 0 fully saturated rings. The third kappa shape index (κ3) is 4.02. The van der Waals surface area contributed by atoms with Crippen molar-refractivity contribution in [2.45, 2.75) is 19.9 Å². The third-order valence-corrected chi connectivity index (χ3v) is 4.74. The van der Waals surface area contributed by atoms with E-state index in [0.29, 0.717) is 22.6 Å². The van der Waals surface area contributed by atoms with Gasteiger partial charge in [0.05, 0.1) is 4.92 Å². The molecule has 0 saturated carbocycles. The first-order valence-corrected chi connectivity index (χ1v) is 9.37. The van der Waals surface area contributed by atoms with Gasteiger partial charge in [-0.25, -0.2) is 0 Å². The average Bonchev–Trinajstić information content (AvgIpc) is 3.25. The van der Waals surface area contributed by atoms with Crippen LogP contribution in [0.3, 0.4) is 0 Å². The Balaban J connectivity index is 1.62. The highest BCUT2D eigenvalue weighted by molar-refractivity contribution is 5.71. The fraction of sp³-hybridized carbons (Fsp3) is 0.136. The number of hydrogen-bond acceptors (Lipinski definition) is 7. The van der Waals surface area contributed by atoms with E-state index in [1.54, 1.807) is 30.6 Å². The van der Waals surface area contributed by atoms with Crippen LogP contribution in [0.1, 0.15) is 24.1 Å². The first kappa shape index (κ1) is 19.3. The number of benzene rings is 2. The molecule has 0 radical (unpaired) electrons. The quantitative estimate of drug-likeness (QED) is 0.350. The second-order valence-electron chi connectivity index (χ2n) is 6.93. The van der Waals surface area contributed by atoms with Gasteiger partial charge < -0.3 is 9.84 Å². The van der Waals surface area contributed by atoms with E-state index in [4.69, 9.17) is 4.52 Å². The zero-order valence-corrected chi connectivity index (χ0v) is 16.4. The van der Waals surface area contributed by atoms with Crippen LogP contribution >= 0.6 is 0 Å². The summed E-state index contributed by atoms with van der Waals surface area (Å²) >= 11 is 0. The van der Waals surface area contributed by atoms with Crippen LogP contribution in [0.4, 0.5) is 11.4 Å². The van der Waals surface area contributed by atoms with Crippen LogP contribution in [-0.2, 0) is 0 Å². The number of aromatic nitrogens is 3. The number of anilines is 1. The zero-order valence-electron chi connectivity index (χ0n) is 16.4. The van der Waals surface area contributed by atoms with Crippen LogP contribution in [0, 0.1) is 17.0 Å². The maximum absolute atomic E-state index is 11.7. The SMILES string of the molecule is Cc1ccc([C@@H](C)Nc2ccc(-c3nc(-c4cccnc4)no3)cc2[N+](=O)[O-])cc1. The number of rotatable bonds is 6. The number of nitro groups is 1. The van der Waals surface area contributed by atoms with Gasteiger partial charge in [-0.3, -0.25) is 15.1 Å². The van der Waals surface area contributed by atoms with Crippen molar-refractivity contribution in [2.75, 3.05) is 5.32 Å². The molecule has 8 heteroatoms. The Labute approximate surface area is 172 Å². The summed E-state index contributed by atoms with van der Waals surface area (Å²) in [4.78, 5) is 19.6. The van der Waals surface area contributed by atoms with Gasteiger partial charge in [0.2, 0.25) is 5.82 Å². The van der Waals surface area contributed by atoms with Crippen molar-refractivity contribution in [3.8, 4) is 22.8 Å². The molecule has 2 aromatic carbocycles. The number of nitrogens with one attached hydrogen (secondary N) is 1. The summed E-state index contributed by atoms with van der Waals surface area (Å²) in [6.45, 7) is 3.98. The van der Waals surface area contributed by atoms with Gasteiger partial charge in [-0.15, -0.1) is 0 Å². The molecule has 8 nitrogen and oxygen atoms in total. The Hall–Kier alpha value is -4.07. The van der Waals surface area contributed by atoms with E-state index in [0.717, 1.165) is 11.1 Å². The molecule has 0 aliphatic rings. The van der Waals surface area contributed by atoms with E-state index in [9.17, 15) is 10.1 Å². The predicted octanol–water partition coefficient (Wildman–Crippen LogP) is 5.19. The molecule has 0 amide bonds. The molecule has 0 bridgehead atoms. The molecule has 1 atom stereocenters. The standard InChI is InChI=1S/C22H19N5O3/c1-14-5-7-16(8-6-14)15(2)24-19-10-9-17(12-20(19)27(28)29)22-25-21(26-30-22)18-4-3-11-23-13-18/h3-13,15,24H,1-2H3/t15-/m1/s1. The van der Waals surface area contributed by atoms with Crippen molar-refractivity contribution < 1.29 is 9.45 Å². The molecule has 0 aliphatic carbocycles. The van der Waals surface area contributed by atoms with E-state index >= 15 is 0 Å². The summed E-state index contributed by atoms with van der Waals surface area (Å²) in [6.07, 6.45) is 3.27. The topological polar surface area (TPSA) is 107 Å². The van der Waals surface area contributed by atoms with Gasteiger partial charge in [-0.1, -0.05) is 35.0 Å². The number of pyridine rings is 1. The minimum absolute atomic E-state index is 0.0624. The van der Waals surface area contributed by atoms with Crippen LogP contribution in [0.25, 0.3) is 22.8 Å². The normalized spacial score (nSPS) is 11.8. The van der Waals surface area contributed by atoms with Crippen molar-refractivity contribution in [1.82, 2.24) is 15.1 Å². The Morgan fingerprint density at radius 2 is 1.90 bits per heavy atom. The first-order valence-electron chi connectivity index (χ1n) is 9.37. The Morgan fingerprint density at radius 1 is 1.10 bits per heavy atom. The van der Waals surface area contributed by atoms with Crippen LogP contribution in [0.5, 0.6) is 0 Å². The van der Waals surface area contributed by atoms with E-state index in [1.807, 2.05) is 44.2 Å². The molecule has 150 valence electrons. The fourth-order valence-electron chi connectivity index (χ4n) is 3.06. The molecule has 0 aliphatic heterocycles. The third-order valence-electron chi connectivity index (χ3n) is 4.74. The van der Waals surface area contributed by atoms with E-state index < -0.39 is 4.92 Å². The summed E-state index contributed by atoms with van der Waals surface area (Å²) in [6, 6.07) is 16.3. The Kier molecular flexibility index (Phi) is 5.21. The molecule has 1 N–H and O–H groups in total. The van der Waals surface area contributed by atoms with Crippen LogP contribution in [0.15, 0.2) is 71.5 Å². The molecule has 2 heterocycles. The van der Waals surface area contributed by atoms with Gasteiger partial charge in [-0.05, 0) is 43.7 Å². The van der Waals surface area contributed by atoms with E-state index in [2.05, 4.69) is 20.4 Å². The molecule has 0 spiro atoms. The molecule has 4 rings (SSSR count). The second kappa shape index (κ2) is 8.12. The molecule has 4 aromatic rings. The summed E-state index contributed by atoms with van der Waals surface area (Å²) < 4.78 is 5.31. The number of nitrogens with zero attached hydrogens (tertiary/aromatic N) is 4. The summed E-state index contributed by atoms with van der Waals surface area (Å²) in [5, 5.41) is 18.8. The molecule has 0 saturated heterocycles. The predicted molar refractivity (Wildman–Crippen MR) is 113 cm³/mol. The fourth-order valence-corrected chi connectivity index (χ4v) is 3.06. The largest absolute Gasteiger partial charge is 0.373 e. The van der Waals surface area contributed by atoms with Gasteiger partial charge in [0.15, 0.2) is 0 Å². The molecular weight excluding hydrogens is 382 g/mol. The van der Waals surface area contributed by atoms with Crippen molar-refractivity contribution in [1.29, 1.82) is 0 Å². The van der Waals surface area contributed by atoms with Crippen LogP contribution < -0.4 is 5.32 Å². The van der Waals surface area contributed by atoms with Gasteiger partial charge >= 0.3 is 0 Å². The zero-order chi connectivity index (χ0) is 21.1. The summed E-state index contributed by atoms with van der Waals surface area (Å²) in [5.74, 6) is 0.575. The monoisotopic (exact) mass is 401 g/mol. The molecular formula is C22H19N5O3. The number of aryl methyl sites for hydroxylation is 1. The van der Waals surface area contributed by atoms with Gasteiger partial charge in [0, 0.05) is 35.6 Å². The van der Waals surface area contributed by atoms with E-state index in [1.165, 1.54) is 6.07 Å². The maximum atomic E-state index is 11.7. The van der Waals surface area contributed by atoms with Gasteiger partial charge in [-0.2, -0.15) is 4.98 Å². The van der Waals surface area contributed by atoms with Crippen molar-refractivity contribution >= 4 is 11.4 Å². The molecule has 2 aromatic heterocycles. The highest BCUT2D eigenvalue weighted by atomic mass is 16.6. The molecule has 0 unspecified atom stereocenters. The summed E-state index contributed by atoms with van der Waals surface area (Å²) in [5.41, 5.74) is 3.73. The smallest absolute Gasteiger partial charge is 0.293 e. The van der Waals surface area contributed by atoms with Crippen molar-refractivity contribution in [2.24, 2.45) is 0 Å². The lowest BCUT2D eigenvalue weighted by Gasteiger charge is -2.16. The summed E-state index contributed by atoms with van der Waals surface area (Å²) in [7, 11) is 0. The Morgan fingerprint density at radius 3 is 2.60 bits per heavy atom.